The summed E-state index contributed by atoms with van der Waals surface area (Å²) in [6.07, 6.45) is 6.32. The molecule has 1 aliphatic carbocycles. The minimum Gasteiger partial charge on any atom is -0.338 e. The molecule has 1 N–H and O–H groups in total. The topological polar surface area (TPSA) is 15.3 Å². The summed E-state index contributed by atoms with van der Waals surface area (Å²) >= 11 is 13.9. The zero-order valence-corrected chi connectivity index (χ0v) is 16.3. The smallest absolute Gasteiger partial charge is 0.174 e. The Balaban J connectivity index is 1.83. The van der Waals surface area contributed by atoms with Crippen LogP contribution in [-0.2, 0) is 0 Å². The number of para-hydroxylation sites is 1. The highest BCUT2D eigenvalue weighted by molar-refractivity contribution is 7.80. The van der Waals surface area contributed by atoms with Crippen LogP contribution in [0.3, 0.4) is 0 Å². The van der Waals surface area contributed by atoms with Crippen LogP contribution in [0.25, 0.3) is 0 Å². The van der Waals surface area contributed by atoms with Gasteiger partial charge in [-0.1, -0.05) is 49.1 Å². The van der Waals surface area contributed by atoms with Crippen molar-refractivity contribution in [1.82, 2.24) is 4.90 Å². The summed E-state index contributed by atoms with van der Waals surface area (Å²) in [5, 5.41) is 6.99. The molecule has 0 bridgehead atoms. The van der Waals surface area contributed by atoms with Gasteiger partial charge in [0.15, 0.2) is 5.11 Å². The van der Waals surface area contributed by atoms with Gasteiger partial charge in [0.1, 0.15) is 0 Å². The Morgan fingerprint density at radius 3 is 2.62 bits per heavy atom. The van der Waals surface area contributed by atoms with Gasteiger partial charge in [-0.2, -0.15) is 0 Å². The Bertz CT molecular complexity index is 666. The first-order chi connectivity index (χ1) is 11.7. The average Bonchev–Trinajstić information content (AvgIpc) is 3.13. The zero-order valence-electron chi connectivity index (χ0n) is 13.9. The molecule has 128 valence electrons. The molecule has 2 aromatic rings. The minimum atomic E-state index is 0.274. The van der Waals surface area contributed by atoms with Gasteiger partial charge in [-0.3, -0.25) is 0 Å². The molecular weight excluding hydrogens is 356 g/mol. The summed E-state index contributed by atoms with van der Waals surface area (Å²) in [6.45, 7) is 2.25. The molecule has 1 heterocycles. The summed E-state index contributed by atoms with van der Waals surface area (Å²) < 4.78 is 0. The van der Waals surface area contributed by atoms with Crippen molar-refractivity contribution in [2.24, 2.45) is 0 Å². The number of hydrogen-bond acceptors (Lipinski definition) is 2. The van der Waals surface area contributed by atoms with Crippen molar-refractivity contribution in [3.8, 4) is 0 Å². The van der Waals surface area contributed by atoms with Crippen LogP contribution >= 0.6 is 35.2 Å². The van der Waals surface area contributed by atoms with Gasteiger partial charge in [0.05, 0.1) is 16.8 Å². The molecule has 1 aromatic heterocycles. The number of nitrogens with zero attached hydrogens (tertiary/aromatic N) is 1. The van der Waals surface area contributed by atoms with Crippen LogP contribution in [0, 0.1) is 0 Å². The molecule has 3 rings (SSSR count). The third-order valence-electron chi connectivity index (χ3n) is 4.69. The highest BCUT2D eigenvalue weighted by Crippen LogP contribution is 2.33. The molecule has 0 saturated heterocycles. The number of thiophene rings is 1. The number of anilines is 1. The lowest BCUT2D eigenvalue weighted by Gasteiger charge is -2.40. The van der Waals surface area contributed by atoms with Gasteiger partial charge in [-0.15, -0.1) is 11.3 Å². The monoisotopic (exact) mass is 378 g/mol. The van der Waals surface area contributed by atoms with Crippen LogP contribution < -0.4 is 5.32 Å². The SMILES string of the molecule is CC(c1cccs1)N(C(=S)Nc1ccccc1Cl)C1CCCCC1. The van der Waals surface area contributed by atoms with Gasteiger partial charge in [0.2, 0.25) is 0 Å². The van der Waals surface area contributed by atoms with Crippen molar-refractivity contribution in [1.29, 1.82) is 0 Å². The first-order valence-corrected chi connectivity index (χ1v) is 10.2. The predicted octanol–water partition coefficient (Wildman–Crippen LogP) is 6.49. The van der Waals surface area contributed by atoms with E-state index in [0.717, 1.165) is 10.8 Å². The molecule has 1 fully saturated rings. The molecule has 24 heavy (non-hydrogen) atoms. The van der Waals surface area contributed by atoms with Crippen molar-refractivity contribution in [2.75, 3.05) is 5.32 Å². The van der Waals surface area contributed by atoms with Crippen molar-refractivity contribution < 1.29 is 0 Å². The number of hydrogen-bond donors (Lipinski definition) is 1. The number of nitrogens with one attached hydrogen (secondary N) is 1. The van der Waals surface area contributed by atoms with E-state index in [1.54, 1.807) is 11.3 Å². The van der Waals surface area contributed by atoms with Gasteiger partial charge in [0.25, 0.3) is 0 Å². The summed E-state index contributed by atoms with van der Waals surface area (Å²) in [6, 6.07) is 12.9. The lowest BCUT2D eigenvalue weighted by molar-refractivity contribution is 0.205. The predicted molar refractivity (Wildman–Crippen MR) is 109 cm³/mol. The highest BCUT2D eigenvalue weighted by atomic mass is 35.5. The van der Waals surface area contributed by atoms with Crippen LogP contribution in [0.2, 0.25) is 5.02 Å². The molecular formula is C19H23ClN2S2. The number of halogens is 1. The second kappa shape index (κ2) is 8.32. The quantitative estimate of drug-likeness (QED) is 0.611. The Morgan fingerprint density at radius 2 is 1.96 bits per heavy atom. The normalized spacial score (nSPS) is 16.6. The molecule has 1 aliphatic rings. The number of thiocarbonyl (C=S) groups is 1. The van der Waals surface area contributed by atoms with Crippen molar-refractivity contribution in [3.63, 3.8) is 0 Å². The van der Waals surface area contributed by atoms with Crippen molar-refractivity contribution in [3.05, 3.63) is 51.7 Å². The average molecular weight is 379 g/mol. The standard InChI is InChI=1S/C19H23ClN2S2/c1-14(18-12-7-13-24-18)22(15-8-3-2-4-9-15)19(23)21-17-11-6-5-10-16(17)20/h5-7,10-15H,2-4,8-9H2,1H3,(H,21,23). The fourth-order valence-corrected chi connectivity index (χ4v) is 4.81. The van der Waals surface area contributed by atoms with E-state index in [4.69, 9.17) is 23.8 Å². The lowest BCUT2D eigenvalue weighted by atomic mass is 9.93. The maximum atomic E-state index is 6.30. The Morgan fingerprint density at radius 1 is 1.21 bits per heavy atom. The fourth-order valence-electron chi connectivity index (χ4n) is 3.43. The molecule has 0 spiro atoms. The third-order valence-corrected chi connectivity index (χ3v) is 6.38. The van der Waals surface area contributed by atoms with Gasteiger partial charge in [-0.25, -0.2) is 0 Å². The molecule has 1 saturated carbocycles. The Hall–Kier alpha value is -1.10. The summed E-state index contributed by atoms with van der Waals surface area (Å²) in [4.78, 5) is 3.74. The minimum absolute atomic E-state index is 0.274. The largest absolute Gasteiger partial charge is 0.338 e. The van der Waals surface area contributed by atoms with Gasteiger partial charge >= 0.3 is 0 Å². The van der Waals surface area contributed by atoms with E-state index >= 15 is 0 Å². The molecule has 0 radical (unpaired) electrons. The van der Waals surface area contributed by atoms with Gasteiger partial charge in [0, 0.05) is 10.9 Å². The van der Waals surface area contributed by atoms with E-state index in [1.165, 1.54) is 37.0 Å². The summed E-state index contributed by atoms with van der Waals surface area (Å²) in [5.74, 6) is 0. The molecule has 1 unspecified atom stereocenters. The molecule has 5 heteroatoms. The van der Waals surface area contributed by atoms with Gasteiger partial charge < -0.3 is 10.2 Å². The zero-order chi connectivity index (χ0) is 16.9. The lowest BCUT2D eigenvalue weighted by Crippen LogP contribution is -2.45. The molecule has 2 nitrogen and oxygen atoms in total. The second-order valence-corrected chi connectivity index (χ2v) is 8.07. The maximum Gasteiger partial charge on any atom is 0.174 e. The summed E-state index contributed by atoms with van der Waals surface area (Å²) in [7, 11) is 0. The first-order valence-electron chi connectivity index (χ1n) is 8.54. The van der Waals surface area contributed by atoms with Crippen LogP contribution in [0.4, 0.5) is 5.69 Å². The van der Waals surface area contributed by atoms with E-state index < -0.39 is 0 Å². The summed E-state index contributed by atoms with van der Waals surface area (Å²) in [5.41, 5.74) is 0.878. The molecule has 0 amide bonds. The van der Waals surface area contributed by atoms with Crippen LogP contribution in [0.5, 0.6) is 0 Å². The van der Waals surface area contributed by atoms with E-state index in [0.29, 0.717) is 11.1 Å². The Kier molecular flexibility index (Phi) is 6.14. The fraction of sp³-hybridized carbons (Fsp3) is 0.421. The third kappa shape index (κ3) is 4.11. The van der Waals surface area contributed by atoms with Crippen molar-refractivity contribution >= 4 is 46.0 Å². The number of rotatable bonds is 4. The highest BCUT2D eigenvalue weighted by Gasteiger charge is 2.29. The van der Waals surface area contributed by atoms with E-state index in [2.05, 4.69) is 34.7 Å². The van der Waals surface area contributed by atoms with Crippen LogP contribution in [-0.4, -0.2) is 16.1 Å². The van der Waals surface area contributed by atoms with E-state index in [9.17, 15) is 0 Å². The van der Waals surface area contributed by atoms with Crippen LogP contribution in [0.1, 0.15) is 49.9 Å². The van der Waals surface area contributed by atoms with Crippen molar-refractivity contribution in [2.45, 2.75) is 51.1 Å². The van der Waals surface area contributed by atoms with E-state index in [1.807, 2.05) is 24.3 Å². The molecule has 1 aromatic carbocycles. The number of benzene rings is 1. The maximum absolute atomic E-state index is 6.30. The molecule has 0 aliphatic heterocycles. The first kappa shape index (κ1) is 17.7. The van der Waals surface area contributed by atoms with Crippen LogP contribution in [0.15, 0.2) is 41.8 Å². The van der Waals surface area contributed by atoms with E-state index in [-0.39, 0.29) is 6.04 Å². The Labute approximate surface area is 158 Å². The molecule has 1 atom stereocenters. The second-order valence-electron chi connectivity index (χ2n) is 6.30. The van der Waals surface area contributed by atoms with Gasteiger partial charge in [-0.05, 0) is 55.6 Å².